The van der Waals surface area contributed by atoms with Gasteiger partial charge < -0.3 is 10.3 Å². The van der Waals surface area contributed by atoms with Crippen LogP contribution in [0.4, 0.5) is 18.9 Å². The summed E-state index contributed by atoms with van der Waals surface area (Å²) in [5.41, 5.74) is 6.88. The Kier molecular flexibility index (Phi) is 3.77. The molecular formula is C14H16F3N3S. The minimum atomic E-state index is -4.45. The number of rotatable bonds is 2. The average Bonchev–Trinajstić information content (AvgIpc) is 2.78. The molecule has 1 saturated heterocycles. The number of hydrogen-bond donors (Lipinski definition) is 1. The lowest BCUT2D eigenvalue weighted by Gasteiger charge is -2.23. The highest BCUT2D eigenvalue weighted by molar-refractivity contribution is 7.99. The number of imidazole rings is 1. The molecule has 1 aliphatic rings. The van der Waals surface area contributed by atoms with Crippen LogP contribution in [0.15, 0.2) is 18.2 Å². The Morgan fingerprint density at radius 3 is 2.81 bits per heavy atom. The van der Waals surface area contributed by atoms with Crippen molar-refractivity contribution in [3.8, 4) is 0 Å². The maximum atomic E-state index is 13.2. The Morgan fingerprint density at radius 1 is 1.33 bits per heavy atom. The van der Waals surface area contributed by atoms with Gasteiger partial charge in [0.25, 0.3) is 0 Å². The van der Waals surface area contributed by atoms with Crippen molar-refractivity contribution in [2.24, 2.45) is 0 Å². The van der Waals surface area contributed by atoms with E-state index in [1.807, 2.05) is 0 Å². The van der Waals surface area contributed by atoms with E-state index in [0.29, 0.717) is 23.3 Å². The molecule has 1 aliphatic heterocycles. The molecule has 0 bridgehead atoms. The van der Waals surface area contributed by atoms with Crippen LogP contribution in [0.25, 0.3) is 11.0 Å². The molecule has 3 rings (SSSR count). The fourth-order valence-corrected chi connectivity index (χ4v) is 4.00. The molecule has 2 N–H and O–H groups in total. The van der Waals surface area contributed by atoms with Gasteiger partial charge in [-0.2, -0.15) is 24.9 Å². The molecule has 2 aromatic rings. The van der Waals surface area contributed by atoms with Crippen molar-refractivity contribution in [1.29, 1.82) is 0 Å². The zero-order valence-corrected chi connectivity index (χ0v) is 12.2. The van der Waals surface area contributed by atoms with Crippen LogP contribution >= 0.6 is 11.8 Å². The molecule has 1 fully saturated rings. The van der Waals surface area contributed by atoms with Gasteiger partial charge in [0.1, 0.15) is 0 Å². The predicted octanol–water partition coefficient (Wildman–Crippen LogP) is 3.92. The maximum absolute atomic E-state index is 13.2. The van der Waals surface area contributed by atoms with E-state index >= 15 is 0 Å². The molecule has 2 heterocycles. The first kappa shape index (κ1) is 14.6. The molecule has 1 atom stereocenters. The van der Waals surface area contributed by atoms with Crippen molar-refractivity contribution in [3.05, 3.63) is 24.0 Å². The van der Waals surface area contributed by atoms with Crippen molar-refractivity contribution in [3.63, 3.8) is 0 Å². The zero-order valence-electron chi connectivity index (χ0n) is 11.4. The van der Waals surface area contributed by atoms with Gasteiger partial charge in [-0.1, -0.05) is 6.42 Å². The molecule has 1 unspecified atom stereocenters. The monoisotopic (exact) mass is 315 g/mol. The summed E-state index contributed by atoms with van der Waals surface area (Å²) in [6.07, 6.45) is -1.27. The number of benzene rings is 1. The van der Waals surface area contributed by atoms with Crippen LogP contribution in [0.3, 0.4) is 0 Å². The van der Waals surface area contributed by atoms with Gasteiger partial charge >= 0.3 is 6.18 Å². The number of thioether (sulfide) groups is 1. The average molecular weight is 315 g/mol. The van der Waals surface area contributed by atoms with Gasteiger partial charge in [0.15, 0.2) is 0 Å². The number of nitrogen functional groups attached to an aromatic ring is 1. The normalized spacial score (nSPS) is 20.0. The summed E-state index contributed by atoms with van der Waals surface area (Å²) < 4.78 is 41.0. The van der Waals surface area contributed by atoms with Gasteiger partial charge in [-0.3, -0.25) is 0 Å². The Bertz CT molecular complexity index is 645. The molecule has 0 amide bonds. The van der Waals surface area contributed by atoms with Crippen LogP contribution in [-0.2, 0) is 12.7 Å². The highest BCUT2D eigenvalue weighted by Crippen LogP contribution is 2.34. The molecule has 0 radical (unpaired) electrons. The first-order valence-corrected chi connectivity index (χ1v) is 7.94. The Hall–Kier alpha value is -1.37. The Morgan fingerprint density at radius 2 is 2.14 bits per heavy atom. The molecule has 7 heteroatoms. The smallest absolute Gasteiger partial charge is 0.399 e. The summed E-state index contributed by atoms with van der Waals surface area (Å²) in [5.74, 6) is 0.195. The van der Waals surface area contributed by atoms with Gasteiger partial charge in [-0.05, 0) is 36.8 Å². The van der Waals surface area contributed by atoms with Crippen molar-refractivity contribution in [2.45, 2.75) is 37.2 Å². The third kappa shape index (κ3) is 2.97. The van der Waals surface area contributed by atoms with Crippen LogP contribution in [0.1, 0.15) is 25.1 Å². The molecule has 114 valence electrons. The molecule has 0 spiro atoms. The van der Waals surface area contributed by atoms with Gasteiger partial charge in [0.05, 0.1) is 11.0 Å². The summed E-state index contributed by atoms with van der Waals surface area (Å²) in [6, 6.07) is 4.74. The van der Waals surface area contributed by atoms with E-state index in [1.165, 1.54) is 10.6 Å². The second kappa shape index (κ2) is 5.44. The molecule has 21 heavy (non-hydrogen) atoms. The predicted molar refractivity (Wildman–Crippen MR) is 79.2 cm³/mol. The van der Waals surface area contributed by atoms with E-state index in [4.69, 9.17) is 5.73 Å². The van der Waals surface area contributed by atoms with Crippen LogP contribution in [0.5, 0.6) is 0 Å². The van der Waals surface area contributed by atoms with Gasteiger partial charge in [-0.15, -0.1) is 0 Å². The SMILES string of the molecule is Nc1ccc2c(c1)nc(C(F)(F)F)n2CC1CCCCS1. The van der Waals surface area contributed by atoms with Crippen LogP contribution in [0.2, 0.25) is 0 Å². The minimum absolute atomic E-state index is 0.217. The number of nitrogens with zero attached hydrogens (tertiary/aromatic N) is 2. The number of aromatic nitrogens is 2. The van der Waals surface area contributed by atoms with E-state index in [-0.39, 0.29) is 5.25 Å². The molecule has 0 aliphatic carbocycles. The lowest BCUT2D eigenvalue weighted by molar-refractivity contribution is -0.146. The van der Waals surface area contributed by atoms with Crippen LogP contribution < -0.4 is 5.73 Å². The third-order valence-electron chi connectivity index (χ3n) is 3.69. The van der Waals surface area contributed by atoms with Crippen molar-refractivity contribution in [2.75, 3.05) is 11.5 Å². The quantitative estimate of drug-likeness (QED) is 0.854. The van der Waals surface area contributed by atoms with Crippen LogP contribution in [-0.4, -0.2) is 20.6 Å². The summed E-state index contributed by atoms with van der Waals surface area (Å²) >= 11 is 1.75. The summed E-state index contributed by atoms with van der Waals surface area (Å²) in [7, 11) is 0. The summed E-state index contributed by atoms with van der Waals surface area (Å²) in [5, 5.41) is 0.217. The Balaban J connectivity index is 2.04. The number of fused-ring (bicyclic) bond motifs is 1. The highest BCUT2D eigenvalue weighted by atomic mass is 32.2. The standard InChI is InChI=1S/C14H16F3N3S/c15-14(16,17)13-19-11-7-9(18)4-5-12(11)20(13)8-10-3-1-2-6-21-10/h4-5,7,10H,1-3,6,8,18H2. The molecule has 1 aromatic carbocycles. The van der Waals surface area contributed by atoms with E-state index in [1.54, 1.807) is 23.9 Å². The third-order valence-corrected chi connectivity index (χ3v) is 5.07. The number of halogens is 3. The summed E-state index contributed by atoms with van der Waals surface area (Å²) in [6.45, 7) is 0.347. The minimum Gasteiger partial charge on any atom is -0.399 e. The fourth-order valence-electron chi connectivity index (χ4n) is 2.70. The van der Waals surface area contributed by atoms with E-state index in [9.17, 15) is 13.2 Å². The second-order valence-corrected chi connectivity index (χ2v) is 6.69. The molecule has 3 nitrogen and oxygen atoms in total. The lowest BCUT2D eigenvalue weighted by atomic mass is 10.2. The number of nitrogens with two attached hydrogens (primary N) is 1. The van der Waals surface area contributed by atoms with Crippen molar-refractivity contribution < 1.29 is 13.2 Å². The first-order valence-electron chi connectivity index (χ1n) is 6.90. The van der Waals surface area contributed by atoms with Gasteiger partial charge in [-0.25, -0.2) is 4.98 Å². The number of anilines is 1. The summed E-state index contributed by atoms with van der Waals surface area (Å²) in [4.78, 5) is 3.76. The van der Waals surface area contributed by atoms with Crippen LogP contribution in [0, 0.1) is 0 Å². The van der Waals surface area contributed by atoms with Crippen molar-refractivity contribution >= 4 is 28.5 Å². The Labute approximate surface area is 124 Å². The van der Waals surface area contributed by atoms with E-state index in [2.05, 4.69) is 4.98 Å². The molecule has 1 aromatic heterocycles. The topological polar surface area (TPSA) is 43.8 Å². The highest BCUT2D eigenvalue weighted by Gasteiger charge is 2.38. The fraction of sp³-hybridized carbons (Fsp3) is 0.500. The second-order valence-electron chi connectivity index (χ2n) is 5.28. The van der Waals surface area contributed by atoms with E-state index < -0.39 is 12.0 Å². The van der Waals surface area contributed by atoms with Gasteiger partial charge in [0.2, 0.25) is 5.82 Å². The largest absolute Gasteiger partial charge is 0.449 e. The maximum Gasteiger partial charge on any atom is 0.449 e. The lowest BCUT2D eigenvalue weighted by Crippen LogP contribution is -2.22. The number of hydrogen-bond acceptors (Lipinski definition) is 3. The molecular weight excluding hydrogens is 299 g/mol. The van der Waals surface area contributed by atoms with Gasteiger partial charge in [0, 0.05) is 17.5 Å². The van der Waals surface area contributed by atoms with E-state index in [0.717, 1.165) is 25.0 Å². The van der Waals surface area contributed by atoms with Crippen molar-refractivity contribution in [1.82, 2.24) is 9.55 Å². The first-order chi connectivity index (χ1) is 9.95. The molecule has 0 saturated carbocycles. The zero-order chi connectivity index (χ0) is 15.0. The number of alkyl halides is 3.